The third-order valence-electron chi connectivity index (χ3n) is 11.5. The van der Waals surface area contributed by atoms with Gasteiger partial charge in [-0.25, -0.2) is 0 Å². The summed E-state index contributed by atoms with van der Waals surface area (Å²) in [6.45, 7) is 9.13. The van der Waals surface area contributed by atoms with Crippen LogP contribution in [-0.4, -0.2) is 81.1 Å². The molecule has 20 heteroatoms. The van der Waals surface area contributed by atoms with Crippen molar-refractivity contribution in [2.45, 2.75) is 54.0 Å². The van der Waals surface area contributed by atoms with Gasteiger partial charge in [0.25, 0.3) is 0 Å². The number of carbonyl (C=O) groups excluding carboxylic acids is 4. The van der Waals surface area contributed by atoms with Gasteiger partial charge in [0.1, 0.15) is 0 Å². The van der Waals surface area contributed by atoms with E-state index < -0.39 is 56.8 Å². The number of carboxylic acid groups (broad SMARTS) is 4. The van der Waals surface area contributed by atoms with Crippen molar-refractivity contribution < 1.29 is 161 Å². The van der Waals surface area contributed by atoms with Crippen molar-refractivity contribution in [3.8, 4) is 0 Å². The molecule has 0 atom stereocenters. The zero-order valence-electron chi connectivity index (χ0n) is 43.5. The zero-order chi connectivity index (χ0) is 54.6. The van der Waals surface area contributed by atoms with Crippen molar-refractivity contribution >= 4 is 105 Å². The first-order chi connectivity index (χ1) is 34.6. The van der Waals surface area contributed by atoms with Crippen LogP contribution < -0.4 is 140 Å². The number of benzene rings is 6. The van der Waals surface area contributed by atoms with E-state index in [1.165, 1.54) is 0 Å². The maximum Gasteiger partial charge on any atom is 1.00 e. The van der Waals surface area contributed by atoms with E-state index in [2.05, 4.69) is 27.9 Å². The van der Waals surface area contributed by atoms with Gasteiger partial charge in [-0.1, -0.05) is 156 Å². The van der Waals surface area contributed by atoms with Crippen LogP contribution >= 0.6 is 48.5 Å². The van der Waals surface area contributed by atoms with E-state index >= 15 is 0 Å². The van der Waals surface area contributed by atoms with Crippen LogP contribution in [0.25, 0.3) is 0 Å². The van der Waals surface area contributed by atoms with Gasteiger partial charge >= 0.3 is 115 Å². The molecule has 0 fully saturated rings. The predicted molar refractivity (Wildman–Crippen MR) is 292 cm³/mol. The first kappa shape index (κ1) is 70.2. The van der Waals surface area contributed by atoms with E-state index in [1.807, 2.05) is 68.2 Å². The van der Waals surface area contributed by atoms with Crippen molar-refractivity contribution in [3.05, 3.63) is 189 Å². The van der Waals surface area contributed by atoms with Crippen LogP contribution in [0, 0.1) is 41.5 Å². The first-order valence-electron chi connectivity index (χ1n) is 22.5. The average Bonchev–Trinajstić information content (AvgIpc) is 3.36. The molecule has 75 heavy (non-hydrogen) atoms. The summed E-state index contributed by atoms with van der Waals surface area (Å²) in [6.07, 6.45) is 0. The fourth-order valence-electron chi connectivity index (χ4n) is 8.23. The normalized spacial score (nSPS) is 10.6. The second-order valence-electron chi connectivity index (χ2n) is 16.6. The second-order valence-corrected chi connectivity index (χ2v) is 22.1. The number of alkyl halides is 2. The van der Waals surface area contributed by atoms with E-state index in [1.54, 1.807) is 112 Å². The van der Waals surface area contributed by atoms with Crippen LogP contribution in [0.4, 0.5) is 0 Å². The van der Waals surface area contributed by atoms with Crippen molar-refractivity contribution in [1.29, 1.82) is 0 Å². The molecule has 0 bridgehead atoms. The molecule has 0 radical (unpaired) electrons. The minimum absolute atomic E-state index is 0. The Morgan fingerprint density at radius 1 is 0.520 bits per heavy atom. The van der Waals surface area contributed by atoms with Crippen LogP contribution in [0.2, 0.25) is 0 Å². The Balaban J connectivity index is 0.000000624. The molecule has 3 N–H and O–H groups in total. The van der Waals surface area contributed by atoms with Crippen molar-refractivity contribution in [1.82, 2.24) is 10.2 Å². The van der Waals surface area contributed by atoms with Gasteiger partial charge in [-0.05, 0) is 91.0 Å². The van der Waals surface area contributed by atoms with Gasteiger partial charge in [-0.15, -0.1) is 11.6 Å². The number of carbonyl (C=O) groups is 6. The summed E-state index contributed by atoms with van der Waals surface area (Å²) in [5.74, 6) is -4.66. The number of aliphatic carboxylic acids is 4. The minimum atomic E-state index is -3.77. The average molecular weight is 1240 g/mol. The van der Waals surface area contributed by atoms with Crippen LogP contribution in [0.15, 0.2) is 133 Å². The molecule has 0 heterocycles. The smallest absolute Gasteiger partial charge is 0.549 e. The number of hydrogen-bond acceptors (Lipinski definition) is 12. The van der Waals surface area contributed by atoms with Crippen molar-refractivity contribution in [3.63, 3.8) is 0 Å². The maximum absolute atomic E-state index is 14.6. The van der Waals surface area contributed by atoms with Gasteiger partial charge in [0.05, 0.1) is 25.0 Å². The van der Waals surface area contributed by atoms with E-state index in [4.69, 9.17) is 21.8 Å². The Bertz CT molecular complexity index is 2890. The monoisotopic (exact) mass is 1240 g/mol. The molecular formula is C55H58ClIK2N2O12P2. The van der Waals surface area contributed by atoms with E-state index in [-0.39, 0.29) is 133 Å². The fourth-order valence-corrected chi connectivity index (χ4v) is 13.9. The van der Waals surface area contributed by atoms with Gasteiger partial charge in [-0.3, -0.25) is 29.4 Å². The Morgan fingerprint density at radius 3 is 1.07 bits per heavy atom. The van der Waals surface area contributed by atoms with Gasteiger partial charge < -0.3 is 39.1 Å². The molecule has 0 unspecified atom stereocenters. The fraction of sp³-hybridized carbons (Fsp3) is 0.236. The largest absolute Gasteiger partial charge is 1.00 e. The summed E-state index contributed by atoms with van der Waals surface area (Å²) in [5, 5.41) is 42.4. The number of nitrogens with one attached hydrogen (secondary N) is 1. The Hall–Kier alpha value is -2.79. The Labute approximate surface area is 542 Å². The van der Waals surface area contributed by atoms with Crippen LogP contribution in [0.5, 0.6) is 0 Å². The molecule has 6 rings (SSSR count). The third kappa shape index (κ3) is 19.2. The molecule has 0 amide bonds. The Morgan fingerprint density at radius 2 is 0.800 bits per heavy atom. The molecule has 0 aliphatic rings. The topological polar surface area (TPSA) is 238 Å². The molecule has 0 saturated carbocycles. The van der Waals surface area contributed by atoms with Crippen LogP contribution in [0.1, 0.15) is 65.2 Å². The molecule has 6 aromatic rings. The molecule has 0 aliphatic heterocycles. The summed E-state index contributed by atoms with van der Waals surface area (Å²) in [5.41, 5.74) is 6.07. The van der Waals surface area contributed by atoms with Crippen LogP contribution in [-0.2, 0) is 40.7 Å². The standard InChI is InChI=1S/C27H28NO6P.C23H22ClO2P.C4H7NO4.CH3I.2K/c1-18-14-19(2)26(20(3)23(18)15-28(16-24(29)30)17-25(31)32)27(33)35(34,21-10-6-4-7-11-21)22-12-8-5-9-13-22;1-16-14-17(2)22(18(3)21(16)15-24)23(25)27(26,19-10-6-4-7-11-19)20-12-8-5-9-13-20;6-3(7)1-5-2-4(8)9;1-2;;/h4-14H,15-17H2,1-3H3,(H,29,30)(H,31,32);4-14H,15H2,1-3H3;5H,1-2H2,(H,6,7)(H,8,9);1H3;;/q;;;;2*+1/p-2. The predicted octanol–water partition coefficient (Wildman–Crippen LogP) is 0.377. The molecule has 0 aromatic heterocycles. The summed E-state index contributed by atoms with van der Waals surface area (Å²) >= 11 is 8.28. The Kier molecular flexibility index (Phi) is 32.1. The first-order valence-corrected chi connectivity index (χ1v) is 28.6. The SMILES string of the molecule is CI.Cc1cc(C)c(C(=O)P(=O)(c2ccccc2)c2ccccc2)c(C)c1CCl.Cc1cc(C)c(C(=O)P(=O)(c2ccccc2)c2ccccc2)c(C)c1CN(CC(=O)[O-])CC(=O)[O-].O=C(O)CNCC(=O)O.[K+].[K+]. The molecule has 386 valence electrons. The summed E-state index contributed by atoms with van der Waals surface area (Å²) < 4.78 is 28.9. The minimum Gasteiger partial charge on any atom is -0.549 e. The van der Waals surface area contributed by atoms with Crippen LogP contribution in [0.3, 0.4) is 0 Å². The van der Waals surface area contributed by atoms with Gasteiger partial charge in [0.15, 0.2) is 0 Å². The maximum atomic E-state index is 14.6. The van der Waals surface area contributed by atoms with Gasteiger partial charge in [0, 0.05) is 57.9 Å². The summed E-state index contributed by atoms with van der Waals surface area (Å²) in [6, 6.07) is 39.0. The number of aryl methyl sites for hydroxylation is 4. The second kappa shape index (κ2) is 34.3. The number of carboxylic acids is 4. The van der Waals surface area contributed by atoms with E-state index in [0.717, 1.165) is 32.7 Å². The number of halogens is 2. The molecule has 6 aromatic carbocycles. The molecular weight excluding hydrogens is 1180 g/mol. The molecule has 0 aliphatic carbocycles. The quantitative estimate of drug-likeness (QED) is 0.0431. The zero-order valence-corrected chi connectivity index (χ0v) is 54.5. The van der Waals surface area contributed by atoms with Gasteiger partial charge in [0.2, 0.25) is 25.3 Å². The number of rotatable bonds is 19. The van der Waals surface area contributed by atoms with E-state index in [9.17, 15) is 48.1 Å². The van der Waals surface area contributed by atoms with E-state index in [0.29, 0.717) is 49.4 Å². The van der Waals surface area contributed by atoms with Crippen molar-refractivity contribution in [2.24, 2.45) is 0 Å². The molecule has 0 saturated heterocycles. The third-order valence-corrected chi connectivity index (χ3v) is 17.5. The summed E-state index contributed by atoms with van der Waals surface area (Å²) in [7, 11) is -7.28. The number of nitrogens with zero attached hydrogens (tertiary/aromatic N) is 1. The number of hydrogen-bond donors (Lipinski definition) is 3. The molecule has 0 spiro atoms. The summed E-state index contributed by atoms with van der Waals surface area (Å²) in [4.78, 5) is 72.8. The van der Waals surface area contributed by atoms with Crippen molar-refractivity contribution in [2.75, 3.05) is 31.1 Å². The van der Waals surface area contributed by atoms with Gasteiger partial charge in [-0.2, -0.15) is 0 Å². The molecule has 14 nitrogen and oxygen atoms in total.